The van der Waals surface area contributed by atoms with Crippen molar-refractivity contribution in [3.05, 3.63) is 0 Å². The average molecular weight is 411 g/mol. The van der Waals surface area contributed by atoms with E-state index in [1.165, 1.54) is 0 Å². The van der Waals surface area contributed by atoms with Gasteiger partial charge >= 0.3 is 0 Å². The number of carbonyl (C=O) groups is 1. The molecule has 0 saturated heterocycles. The number of amides is 1. The Morgan fingerprint density at radius 3 is 1.79 bits per heavy atom. The minimum Gasteiger partial charge on any atom is -0.396 e. The van der Waals surface area contributed by atoms with Gasteiger partial charge in [0.15, 0.2) is 0 Å². The van der Waals surface area contributed by atoms with Gasteiger partial charge in [-0.25, -0.2) is 0 Å². The molecule has 170 valence electrons. The fourth-order valence-electron chi connectivity index (χ4n) is 2.09. The first kappa shape index (κ1) is 29.4. The molecule has 0 aromatic rings. The lowest BCUT2D eigenvalue weighted by atomic mass is 9.85. The number of hydrogen-bond donors (Lipinski definition) is 4. The monoisotopic (exact) mass is 410 g/mol. The van der Waals surface area contributed by atoms with Gasteiger partial charge in [0.25, 0.3) is 0 Å². The van der Waals surface area contributed by atoms with Crippen molar-refractivity contribution in [2.45, 2.75) is 33.1 Å². The molecular weight excluding hydrogens is 368 g/mol. The summed E-state index contributed by atoms with van der Waals surface area (Å²) in [4.78, 5) is 10.1. The molecule has 0 unspecified atom stereocenters. The third-order valence-corrected chi connectivity index (χ3v) is 3.81. The smallest absolute Gasteiger partial charge is 0.207 e. The minimum atomic E-state index is -0.625. The lowest BCUT2D eigenvalue weighted by Gasteiger charge is -2.29. The van der Waals surface area contributed by atoms with Crippen molar-refractivity contribution in [3.8, 4) is 0 Å². The van der Waals surface area contributed by atoms with Crippen LogP contribution in [0.3, 0.4) is 0 Å². The zero-order valence-corrected chi connectivity index (χ0v) is 17.7. The number of hydrogen-bond acceptors (Lipinski definition) is 8. The molecule has 0 bridgehead atoms. The average Bonchev–Trinajstić information content (AvgIpc) is 2.73. The van der Waals surface area contributed by atoms with Gasteiger partial charge in [0.05, 0.1) is 52.9 Å². The molecule has 0 heterocycles. The van der Waals surface area contributed by atoms with Crippen LogP contribution < -0.4 is 11.1 Å². The second kappa shape index (κ2) is 24.2. The summed E-state index contributed by atoms with van der Waals surface area (Å²) < 4.78 is 20.9. The molecule has 0 aliphatic carbocycles. The van der Waals surface area contributed by atoms with E-state index in [9.17, 15) is 4.79 Å². The molecular formula is C19H42N2O7. The molecule has 0 aliphatic heterocycles. The fraction of sp³-hybridized carbons (Fsp3) is 0.947. The molecule has 9 nitrogen and oxygen atoms in total. The van der Waals surface area contributed by atoms with Crippen LogP contribution in [0.15, 0.2) is 0 Å². The van der Waals surface area contributed by atoms with Gasteiger partial charge in [0, 0.05) is 25.2 Å². The zero-order chi connectivity index (χ0) is 21.3. The third-order valence-electron chi connectivity index (χ3n) is 3.81. The van der Waals surface area contributed by atoms with Crippen molar-refractivity contribution >= 4 is 6.41 Å². The second-order valence-electron chi connectivity index (χ2n) is 6.24. The Morgan fingerprint density at radius 2 is 1.39 bits per heavy atom. The molecule has 28 heavy (non-hydrogen) atoms. The molecule has 0 spiro atoms. The Morgan fingerprint density at radius 1 is 0.893 bits per heavy atom. The van der Waals surface area contributed by atoms with Crippen LogP contribution in [-0.4, -0.2) is 95.8 Å². The Hall–Kier alpha value is -0.810. The Balaban J connectivity index is 0. The van der Waals surface area contributed by atoms with E-state index >= 15 is 0 Å². The summed E-state index contributed by atoms with van der Waals surface area (Å²) in [6.07, 6.45) is 2.95. The van der Waals surface area contributed by atoms with E-state index in [4.69, 9.17) is 34.9 Å². The maximum absolute atomic E-state index is 10.1. The van der Waals surface area contributed by atoms with E-state index in [0.29, 0.717) is 59.0 Å². The third kappa shape index (κ3) is 19.9. The number of ether oxygens (including phenoxy) is 4. The summed E-state index contributed by atoms with van der Waals surface area (Å²) in [5.41, 5.74) is 4.70. The van der Waals surface area contributed by atoms with Gasteiger partial charge in [-0.05, 0) is 32.7 Å². The summed E-state index contributed by atoms with van der Waals surface area (Å²) in [7, 11) is 0. The maximum Gasteiger partial charge on any atom is 0.207 e. The van der Waals surface area contributed by atoms with E-state index < -0.39 is 5.41 Å². The first-order valence-electron chi connectivity index (χ1n) is 10.1. The quantitative estimate of drug-likeness (QED) is 0.162. The maximum atomic E-state index is 10.1. The van der Waals surface area contributed by atoms with Gasteiger partial charge < -0.3 is 40.2 Å². The van der Waals surface area contributed by atoms with Crippen molar-refractivity contribution < 1.29 is 34.0 Å². The zero-order valence-electron chi connectivity index (χ0n) is 17.7. The van der Waals surface area contributed by atoms with Gasteiger partial charge in [0.2, 0.25) is 6.41 Å². The molecule has 0 saturated carbocycles. The first-order chi connectivity index (χ1) is 13.7. The van der Waals surface area contributed by atoms with Gasteiger partial charge in [-0.3, -0.25) is 4.79 Å². The van der Waals surface area contributed by atoms with E-state index in [1.54, 1.807) is 0 Å². The molecule has 9 heteroatoms. The van der Waals surface area contributed by atoms with Crippen molar-refractivity contribution in [3.63, 3.8) is 0 Å². The number of nitrogens with one attached hydrogen (secondary N) is 1. The summed E-state index contributed by atoms with van der Waals surface area (Å²) in [5, 5.41) is 20.6. The second-order valence-corrected chi connectivity index (χ2v) is 6.24. The van der Waals surface area contributed by atoms with Crippen LogP contribution >= 0.6 is 0 Å². The lowest BCUT2D eigenvalue weighted by Crippen LogP contribution is -2.40. The highest BCUT2D eigenvalue weighted by molar-refractivity contribution is 5.45. The van der Waals surface area contributed by atoms with E-state index in [1.807, 2.05) is 6.92 Å². The van der Waals surface area contributed by atoms with Crippen LogP contribution in [0.5, 0.6) is 0 Å². The normalized spacial score (nSPS) is 11.0. The van der Waals surface area contributed by atoms with Crippen LogP contribution in [0.4, 0.5) is 0 Å². The summed E-state index contributed by atoms with van der Waals surface area (Å²) >= 11 is 0. The SMILES string of the molecule is CCCOCCOCCOCCOCC.NCCCC(CO)(CO)CNC=O. The molecule has 0 rings (SSSR count). The number of nitrogens with two attached hydrogens (primary N) is 1. The van der Waals surface area contributed by atoms with Crippen LogP contribution in [-0.2, 0) is 23.7 Å². The lowest BCUT2D eigenvalue weighted by molar-refractivity contribution is -0.110. The number of aliphatic hydroxyl groups is 2. The molecule has 0 aliphatic rings. The van der Waals surface area contributed by atoms with E-state index in [0.717, 1.165) is 26.1 Å². The molecule has 0 fully saturated rings. The number of rotatable bonds is 20. The molecule has 1 amide bonds. The summed E-state index contributed by atoms with van der Waals surface area (Å²) in [6.45, 7) is 10.0. The molecule has 5 N–H and O–H groups in total. The standard InChI is InChI=1S/C11H24O4.C8H18N2O3/c1-3-5-13-8-9-15-11-10-14-7-6-12-4-2;9-3-1-2-8(5-11,6-12)4-10-7-13/h3-11H2,1-2H3;7,11-12H,1-6,9H2,(H,10,13). The van der Waals surface area contributed by atoms with Crippen LogP contribution in [0.25, 0.3) is 0 Å². The largest absolute Gasteiger partial charge is 0.396 e. The van der Waals surface area contributed by atoms with Crippen LogP contribution in [0, 0.1) is 5.41 Å². The molecule has 0 atom stereocenters. The molecule has 0 radical (unpaired) electrons. The van der Waals surface area contributed by atoms with Crippen LogP contribution in [0.1, 0.15) is 33.1 Å². The summed E-state index contributed by atoms with van der Waals surface area (Å²) in [6, 6.07) is 0. The number of carbonyl (C=O) groups excluding carboxylic acids is 1. The number of aliphatic hydroxyl groups excluding tert-OH is 2. The van der Waals surface area contributed by atoms with E-state index in [2.05, 4.69) is 12.2 Å². The highest BCUT2D eigenvalue weighted by Gasteiger charge is 2.27. The Labute approximate surface area is 169 Å². The van der Waals surface area contributed by atoms with Crippen molar-refractivity contribution in [1.29, 1.82) is 0 Å². The van der Waals surface area contributed by atoms with Gasteiger partial charge in [0.1, 0.15) is 0 Å². The van der Waals surface area contributed by atoms with Crippen molar-refractivity contribution in [2.24, 2.45) is 11.1 Å². The topological polar surface area (TPSA) is 132 Å². The highest BCUT2D eigenvalue weighted by Crippen LogP contribution is 2.21. The van der Waals surface area contributed by atoms with E-state index in [-0.39, 0.29) is 19.8 Å². The van der Waals surface area contributed by atoms with Crippen LogP contribution in [0.2, 0.25) is 0 Å². The predicted octanol–water partition coefficient (Wildman–Crippen LogP) is -0.0750. The molecule has 0 aromatic carbocycles. The van der Waals surface area contributed by atoms with Gasteiger partial charge in [-0.15, -0.1) is 0 Å². The Kier molecular flexibility index (Phi) is 25.4. The fourth-order valence-corrected chi connectivity index (χ4v) is 2.09. The minimum absolute atomic E-state index is 0.148. The van der Waals surface area contributed by atoms with Crippen molar-refractivity contribution in [1.82, 2.24) is 5.32 Å². The van der Waals surface area contributed by atoms with Crippen molar-refractivity contribution in [2.75, 3.05) is 79.2 Å². The van der Waals surface area contributed by atoms with Gasteiger partial charge in [-0.2, -0.15) is 0 Å². The van der Waals surface area contributed by atoms with Gasteiger partial charge in [-0.1, -0.05) is 6.92 Å². The molecule has 0 aromatic heterocycles. The predicted molar refractivity (Wildman–Crippen MR) is 108 cm³/mol. The first-order valence-corrected chi connectivity index (χ1v) is 10.1. The highest BCUT2D eigenvalue weighted by atomic mass is 16.6. The Bertz CT molecular complexity index is 294. The summed E-state index contributed by atoms with van der Waals surface area (Å²) in [5.74, 6) is 0.